The van der Waals surface area contributed by atoms with E-state index in [2.05, 4.69) is 16.7 Å². The minimum Gasteiger partial charge on any atom is -0.492 e. The Balaban J connectivity index is 1.42. The van der Waals surface area contributed by atoms with Crippen LogP contribution in [0.5, 0.6) is 5.75 Å². The maximum Gasteiger partial charge on any atom is 0.407 e. The van der Waals surface area contributed by atoms with Gasteiger partial charge in [-0.3, -0.25) is 0 Å². The highest BCUT2D eigenvalue weighted by Gasteiger charge is 2.32. The summed E-state index contributed by atoms with van der Waals surface area (Å²) in [6, 6.07) is 13.8. The van der Waals surface area contributed by atoms with Crippen molar-refractivity contribution >= 4 is 27.5 Å². The lowest BCUT2D eigenvalue weighted by atomic mass is 9.76. The first-order valence-electron chi connectivity index (χ1n) is 12.7. The first-order chi connectivity index (χ1) is 17.3. The third kappa shape index (κ3) is 7.85. The van der Waals surface area contributed by atoms with Crippen molar-refractivity contribution in [1.29, 1.82) is 0 Å². The molecule has 36 heavy (non-hydrogen) atoms. The normalized spacial score (nSPS) is 19.4. The lowest BCUT2D eigenvalue weighted by Gasteiger charge is -2.34. The Morgan fingerprint density at radius 3 is 2.72 bits per heavy atom. The number of sulfone groups is 1. The largest absolute Gasteiger partial charge is 0.492 e. The SMILES string of the molecule is CCOC(=O)NC1CCc2ccc(OCCNCS(=O)(=O)CC3CC3)cc2C1Cc1cccc(Cl)c1. The highest BCUT2D eigenvalue weighted by molar-refractivity contribution is 7.91. The number of benzene rings is 2. The summed E-state index contributed by atoms with van der Waals surface area (Å²) in [5, 5.41) is 6.73. The molecule has 0 heterocycles. The van der Waals surface area contributed by atoms with Crippen LogP contribution in [0.2, 0.25) is 5.02 Å². The van der Waals surface area contributed by atoms with Crippen molar-refractivity contribution in [3.63, 3.8) is 0 Å². The molecule has 1 amide bonds. The standard InChI is InChI=1S/C27H35ClN2O5S/c1-2-34-27(31)30-26-11-9-21-8-10-23(35-13-12-29-18-36(32,33)17-19-6-7-19)16-24(21)25(26)15-20-4-3-5-22(28)14-20/h3-5,8,10,14,16,19,25-26,29H,2,6-7,9,11-13,15,17-18H2,1H3,(H,30,31). The van der Waals surface area contributed by atoms with E-state index >= 15 is 0 Å². The van der Waals surface area contributed by atoms with Gasteiger partial charge in [-0.15, -0.1) is 0 Å². The van der Waals surface area contributed by atoms with E-state index in [1.807, 2.05) is 36.4 Å². The lowest BCUT2D eigenvalue weighted by molar-refractivity contribution is 0.144. The summed E-state index contributed by atoms with van der Waals surface area (Å²) in [4.78, 5) is 12.2. The summed E-state index contributed by atoms with van der Waals surface area (Å²) in [5.74, 6) is 1.38. The molecule has 2 atom stereocenters. The van der Waals surface area contributed by atoms with Gasteiger partial charge in [0.2, 0.25) is 0 Å². The number of halogens is 1. The van der Waals surface area contributed by atoms with Crippen molar-refractivity contribution in [2.75, 3.05) is 31.4 Å². The van der Waals surface area contributed by atoms with Gasteiger partial charge in [0, 0.05) is 23.5 Å². The zero-order chi connectivity index (χ0) is 25.5. The Morgan fingerprint density at radius 1 is 1.14 bits per heavy atom. The summed E-state index contributed by atoms with van der Waals surface area (Å²) in [6.07, 6.45) is 4.02. The molecule has 2 aliphatic carbocycles. The molecule has 0 aromatic heterocycles. The predicted octanol–water partition coefficient (Wildman–Crippen LogP) is 4.48. The molecule has 2 aromatic carbocycles. The second kappa shape index (κ2) is 12.3. The fourth-order valence-electron chi connectivity index (χ4n) is 4.80. The number of nitrogens with one attached hydrogen (secondary N) is 2. The number of aryl methyl sites for hydroxylation is 1. The number of carbonyl (C=O) groups excluding carboxylic acids is 1. The van der Waals surface area contributed by atoms with Gasteiger partial charge in [0.15, 0.2) is 9.84 Å². The van der Waals surface area contributed by atoms with Crippen molar-refractivity contribution in [3.8, 4) is 5.75 Å². The molecule has 196 valence electrons. The van der Waals surface area contributed by atoms with Gasteiger partial charge in [0.1, 0.15) is 12.4 Å². The minimum atomic E-state index is -3.06. The van der Waals surface area contributed by atoms with Gasteiger partial charge in [-0.25, -0.2) is 13.2 Å². The number of hydrogen-bond acceptors (Lipinski definition) is 6. The average Bonchev–Trinajstić information content (AvgIpc) is 3.64. The van der Waals surface area contributed by atoms with Crippen molar-refractivity contribution in [3.05, 3.63) is 64.2 Å². The number of fused-ring (bicyclic) bond motifs is 1. The second-order valence-electron chi connectivity index (χ2n) is 9.66. The second-order valence-corrected chi connectivity index (χ2v) is 12.2. The zero-order valence-corrected chi connectivity index (χ0v) is 22.2. The fraction of sp³-hybridized carbons (Fsp3) is 0.519. The number of carbonyl (C=O) groups is 1. The van der Waals surface area contributed by atoms with Gasteiger partial charge in [0.05, 0.1) is 18.2 Å². The molecule has 9 heteroatoms. The van der Waals surface area contributed by atoms with E-state index in [0.29, 0.717) is 37.1 Å². The molecule has 2 aliphatic rings. The van der Waals surface area contributed by atoms with Crippen molar-refractivity contribution in [2.24, 2.45) is 5.92 Å². The molecule has 0 saturated heterocycles. The molecule has 2 aromatic rings. The number of alkyl carbamates (subject to hydrolysis) is 1. The molecule has 7 nitrogen and oxygen atoms in total. The van der Waals surface area contributed by atoms with Crippen LogP contribution in [0, 0.1) is 5.92 Å². The third-order valence-corrected chi connectivity index (χ3v) is 8.56. The Hall–Kier alpha value is -2.29. The van der Waals surface area contributed by atoms with Crippen molar-refractivity contribution in [2.45, 2.75) is 51.0 Å². The first kappa shape index (κ1) is 26.8. The van der Waals surface area contributed by atoms with Crippen LogP contribution in [0.4, 0.5) is 4.79 Å². The van der Waals surface area contributed by atoms with E-state index in [1.54, 1.807) is 6.92 Å². The van der Waals surface area contributed by atoms with Crippen molar-refractivity contribution in [1.82, 2.24) is 10.6 Å². The highest BCUT2D eigenvalue weighted by atomic mass is 35.5. The van der Waals surface area contributed by atoms with Crippen LogP contribution in [0.3, 0.4) is 0 Å². The Kier molecular flexibility index (Phi) is 9.14. The van der Waals surface area contributed by atoms with Crippen LogP contribution >= 0.6 is 11.6 Å². The lowest BCUT2D eigenvalue weighted by Crippen LogP contribution is -2.43. The first-order valence-corrected chi connectivity index (χ1v) is 14.9. The third-order valence-electron chi connectivity index (χ3n) is 6.71. The van der Waals surface area contributed by atoms with E-state index in [-0.39, 0.29) is 23.6 Å². The summed E-state index contributed by atoms with van der Waals surface area (Å²) < 4.78 is 35.3. The molecule has 4 rings (SSSR count). The predicted molar refractivity (Wildman–Crippen MR) is 141 cm³/mol. The van der Waals surface area contributed by atoms with E-state index in [4.69, 9.17) is 21.1 Å². The van der Waals surface area contributed by atoms with Crippen LogP contribution in [0.25, 0.3) is 0 Å². The molecule has 0 spiro atoms. The topological polar surface area (TPSA) is 93.7 Å². The zero-order valence-electron chi connectivity index (χ0n) is 20.7. The van der Waals surface area contributed by atoms with E-state index in [0.717, 1.165) is 42.6 Å². The van der Waals surface area contributed by atoms with Crippen LogP contribution in [-0.2, 0) is 27.4 Å². The summed E-state index contributed by atoms with van der Waals surface area (Å²) in [5.41, 5.74) is 3.47. The smallest absolute Gasteiger partial charge is 0.407 e. The Labute approximate surface area is 218 Å². The van der Waals surface area contributed by atoms with Gasteiger partial charge >= 0.3 is 6.09 Å². The van der Waals surface area contributed by atoms with Gasteiger partial charge < -0.3 is 20.1 Å². The number of hydrogen-bond donors (Lipinski definition) is 2. The van der Waals surface area contributed by atoms with Crippen LogP contribution in [0.15, 0.2) is 42.5 Å². The molecular formula is C27H35ClN2O5S. The Bertz CT molecular complexity index is 1150. The number of rotatable bonds is 12. The van der Waals surface area contributed by atoms with Gasteiger partial charge in [-0.2, -0.15) is 0 Å². The maximum absolute atomic E-state index is 12.2. The van der Waals surface area contributed by atoms with E-state index in [9.17, 15) is 13.2 Å². The van der Waals surface area contributed by atoms with Crippen molar-refractivity contribution < 1.29 is 22.7 Å². The van der Waals surface area contributed by atoms with Crippen LogP contribution in [0.1, 0.15) is 48.8 Å². The number of ether oxygens (including phenoxy) is 2. The van der Waals surface area contributed by atoms with E-state index in [1.165, 1.54) is 5.56 Å². The molecule has 0 bridgehead atoms. The monoisotopic (exact) mass is 534 g/mol. The number of amides is 1. The van der Waals surface area contributed by atoms with Crippen LogP contribution in [-0.4, -0.2) is 51.9 Å². The fourth-order valence-corrected chi connectivity index (χ4v) is 6.64. The molecule has 0 aliphatic heterocycles. The highest BCUT2D eigenvalue weighted by Crippen LogP contribution is 2.37. The minimum absolute atomic E-state index is 0.0139. The molecule has 0 radical (unpaired) electrons. The Morgan fingerprint density at radius 2 is 1.97 bits per heavy atom. The molecule has 1 fully saturated rings. The van der Waals surface area contributed by atoms with E-state index < -0.39 is 15.9 Å². The quantitative estimate of drug-likeness (QED) is 0.390. The summed E-state index contributed by atoms with van der Waals surface area (Å²) in [7, 11) is -3.06. The summed E-state index contributed by atoms with van der Waals surface area (Å²) in [6.45, 7) is 2.92. The molecule has 2 unspecified atom stereocenters. The van der Waals surface area contributed by atoms with Crippen LogP contribution < -0.4 is 15.4 Å². The molecule has 2 N–H and O–H groups in total. The van der Waals surface area contributed by atoms with Gasteiger partial charge in [0.25, 0.3) is 0 Å². The average molecular weight is 535 g/mol. The maximum atomic E-state index is 12.2. The summed E-state index contributed by atoms with van der Waals surface area (Å²) >= 11 is 6.24. The van der Waals surface area contributed by atoms with Gasteiger partial charge in [-0.1, -0.05) is 29.8 Å². The molecule has 1 saturated carbocycles. The van der Waals surface area contributed by atoms with Gasteiger partial charge in [-0.05, 0) is 85.9 Å². The molecular weight excluding hydrogens is 500 g/mol.